The summed E-state index contributed by atoms with van der Waals surface area (Å²) in [5.41, 5.74) is 6.45. The van der Waals surface area contributed by atoms with Gasteiger partial charge in [-0.15, -0.1) is 6.58 Å². The van der Waals surface area contributed by atoms with Crippen molar-refractivity contribution in [1.82, 2.24) is 4.57 Å². The van der Waals surface area contributed by atoms with E-state index in [1.807, 2.05) is 0 Å². The van der Waals surface area contributed by atoms with Crippen molar-refractivity contribution in [1.29, 1.82) is 0 Å². The molecule has 1 nitrogen and oxygen atoms in total. The molecule has 4 aromatic rings. The largest absolute Gasteiger partial charge is 0.316 e. The van der Waals surface area contributed by atoms with Gasteiger partial charge in [-0.05, 0) is 48.6 Å². The van der Waals surface area contributed by atoms with Crippen molar-refractivity contribution in [3.63, 3.8) is 0 Å². The van der Waals surface area contributed by atoms with Gasteiger partial charge in [0.05, 0.1) is 5.52 Å². The predicted molar refractivity (Wildman–Crippen MR) is 120 cm³/mol. The average Bonchev–Trinajstić information content (AvgIpc) is 3.09. The zero-order chi connectivity index (χ0) is 19.5. The van der Waals surface area contributed by atoms with Crippen molar-refractivity contribution in [3.05, 3.63) is 114 Å². The molecule has 0 amide bonds. The molecule has 0 saturated heterocycles. The quantitative estimate of drug-likeness (QED) is 0.314. The maximum absolute atomic E-state index is 4.17. The van der Waals surface area contributed by atoms with Gasteiger partial charge in [-0.25, -0.2) is 0 Å². The highest BCUT2D eigenvalue weighted by molar-refractivity contribution is 5.86. The molecule has 140 valence electrons. The third-order valence-electron chi connectivity index (χ3n) is 5.51. The SMILES string of the molecule is C=C(C)C[C@H](C)[C@@H](c1ccccc1)c1cn(-c2ccccc2)c2ccccc12. The van der Waals surface area contributed by atoms with E-state index in [0.717, 1.165) is 6.42 Å². The Morgan fingerprint density at radius 2 is 1.46 bits per heavy atom. The number of aromatic nitrogens is 1. The number of para-hydroxylation sites is 2. The summed E-state index contributed by atoms with van der Waals surface area (Å²) in [6.45, 7) is 8.65. The van der Waals surface area contributed by atoms with Gasteiger partial charge >= 0.3 is 0 Å². The Morgan fingerprint density at radius 1 is 0.857 bits per heavy atom. The topological polar surface area (TPSA) is 4.93 Å². The molecule has 0 N–H and O–H groups in total. The van der Waals surface area contributed by atoms with Gasteiger partial charge in [0.15, 0.2) is 0 Å². The average molecular weight is 366 g/mol. The maximum Gasteiger partial charge on any atom is 0.0531 e. The van der Waals surface area contributed by atoms with E-state index in [4.69, 9.17) is 0 Å². The van der Waals surface area contributed by atoms with Crippen LogP contribution < -0.4 is 0 Å². The van der Waals surface area contributed by atoms with Crippen molar-refractivity contribution in [2.75, 3.05) is 0 Å². The summed E-state index contributed by atoms with van der Waals surface area (Å²) in [4.78, 5) is 0. The van der Waals surface area contributed by atoms with Crippen LogP contribution in [0.2, 0.25) is 0 Å². The van der Waals surface area contributed by atoms with E-state index >= 15 is 0 Å². The van der Waals surface area contributed by atoms with Crippen LogP contribution in [0.1, 0.15) is 37.3 Å². The summed E-state index contributed by atoms with van der Waals surface area (Å²) >= 11 is 0. The minimum atomic E-state index is 0.327. The maximum atomic E-state index is 4.17. The van der Waals surface area contributed by atoms with Gasteiger partial charge in [-0.1, -0.05) is 79.2 Å². The molecule has 0 aliphatic carbocycles. The third kappa shape index (κ3) is 3.53. The minimum absolute atomic E-state index is 0.327. The Kier molecular flexibility index (Phi) is 5.16. The second-order valence-electron chi connectivity index (χ2n) is 7.83. The molecule has 0 radical (unpaired) electrons. The number of nitrogens with zero attached hydrogens (tertiary/aromatic N) is 1. The van der Waals surface area contributed by atoms with Crippen LogP contribution in [0.15, 0.2) is 103 Å². The third-order valence-corrected chi connectivity index (χ3v) is 5.51. The fraction of sp³-hybridized carbons (Fsp3) is 0.185. The Bertz CT molecular complexity index is 1070. The molecule has 1 heterocycles. The van der Waals surface area contributed by atoms with E-state index < -0.39 is 0 Å². The van der Waals surface area contributed by atoms with Gasteiger partial charge in [-0.3, -0.25) is 0 Å². The zero-order valence-corrected chi connectivity index (χ0v) is 16.7. The van der Waals surface area contributed by atoms with Gasteiger partial charge in [0.25, 0.3) is 0 Å². The van der Waals surface area contributed by atoms with Gasteiger partial charge < -0.3 is 4.57 Å². The lowest BCUT2D eigenvalue weighted by Gasteiger charge is -2.25. The van der Waals surface area contributed by atoms with Gasteiger partial charge in [-0.2, -0.15) is 0 Å². The van der Waals surface area contributed by atoms with E-state index in [0.29, 0.717) is 11.8 Å². The number of hydrogen-bond donors (Lipinski definition) is 0. The van der Waals surface area contributed by atoms with Gasteiger partial charge in [0.1, 0.15) is 0 Å². The Morgan fingerprint density at radius 3 is 2.14 bits per heavy atom. The molecule has 0 aliphatic rings. The first kappa shape index (κ1) is 18.3. The first-order valence-corrected chi connectivity index (χ1v) is 10.00. The fourth-order valence-corrected chi connectivity index (χ4v) is 4.40. The molecule has 0 spiro atoms. The molecule has 0 fully saturated rings. The molecule has 0 saturated carbocycles. The molecule has 0 aliphatic heterocycles. The standard InChI is InChI=1S/C27H27N/c1-20(2)18-21(3)27(22-12-6-4-7-13-22)25-19-28(23-14-8-5-9-15-23)26-17-11-10-16-24(25)26/h4-17,19,21,27H,1,18H2,2-3H3/t21-,27-/m0/s1. The molecule has 3 aromatic carbocycles. The van der Waals surface area contributed by atoms with Crippen LogP contribution in [0.3, 0.4) is 0 Å². The molecular weight excluding hydrogens is 338 g/mol. The van der Waals surface area contributed by atoms with Crippen LogP contribution >= 0.6 is 0 Å². The number of fused-ring (bicyclic) bond motifs is 1. The monoisotopic (exact) mass is 365 g/mol. The number of allylic oxidation sites excluding steroid dienone is 1. The molecule has 1 aromatic heterocycles. The van der Waals surface area contributed by atoms with Crippen molar-refractivity contribution in [2.24, 2.45) is 5.92 Å². The summed E-state index contributed by atoms with van der Waals surface area (Å²) in [5, 5.41) is 1.33. The summed E-state index contributed by atoms with van der Waals surface area (Å²) in [6.07, 6.45) is 3.36. The minimum Gasteiger partial charge on any atom is -0.316 e. The summed E-state index contributed by atoms with van der Waals surface area (Å²) in [7, 11) is 0. The Balaban J connectivity index is 1.93. The Labute approximate surface area is 168 Å². The van der Waals surface area contributed by atoms with Gasteiger partial charge in [0, 0.05) is 23.2 Å². The number of hydrogen-bond acceptors (Lipinski definition) is 0. The molecule has 0 unspecified atom stereocenters. The second kappa shape index (κ2) is 7.90. The zero-order valence-electron chi connectivity index (χ0n) is 16.7. The molecular formula is C27H27N. The highest BCUT2D eigenvalue weighted by atomic mass is 15.0. The number of benzene rings is 3. The van der Waals surface area contributed by atoms with Crippen molar-refractivity contribution < 1.29 is 0 Å². The van der Waals surface area contributed by atoms with Crippen LogP contribution in [0, 0.1) is 5.92 Å². The predicted octanol–water partition coefficient (Wildman–Crippen LogP) is 7.36. The normalized spacial score (nSPS) is 13.4. The van der Waals surface area contributed by atoms with E-state index in [9.17, 15) is 0 Å². The molecule has 4 rings (SSSR count). The van der Waals surface area contributed by atoms with Crippen LogP contribution in [-0.4, -0.2) is 4.57 Å². The second-order valence-corrected chi connectivity index (χ2v) is 7.83. The molecule has 2 atom stereocenters. The van der Waals surface area contributed by atoms with E-state index in [2.05, 4.69) is 116 Å². The lowest BCUT2D eigenvalue weighted by atomic mass is 9.79. The van der Waals surface area contributed by atoms with E-state index in [-0.39, 0.29) is 0 Å². The Hall–Kier alpha value is -3.06. The van der Waals surface area contributed by atoms with Crippen LogP contribution in [0.5, 0.6) is 0 Å². The summed E-state index contributed by atoms with van der Waals surface area (Å²) in [5.74, 6) is 0.794. The van der Waals surface area contributed by atoms with Crippen molar-refractivity contribution in [2.45, 2.75) is 26.2 Å². The molecule has 1 heteroatoms. The first-order chi connectivity index (χ1) is 13.6. The molecule has 28 heavy (non-hydrogen) atoms. The van der Waals surface area contributed by atoms with Crippen molar-refractivity contribution >= 4 is 10.9 Å². The highest BCUT2D eigenvalue weighted by Gasteiger charge is 2.25. The summed E-state index contributed by atoms with van der Waals surface area (Å²) < 4.78 is 2.33. The van der Waals surface area contributed by atoms with Gasteiger partial charge in [0.2, 0.25) is 0 Å². The first-order valence-electron chi connectivity index (χ1n) is 10.00. The van der Waals surface area contributed by atoms with E-state index in [1.165, 1.54) is 33.3 Å². The molecule has 0 bridgehead atoms. The van der Waals surface area contributed by atoms with Crippen LogP contribution in [0.25, 0.3) is 16.6 Å². The van der Waals surface area contributed by atoms with E-state index in [1.54, 1.807) is 0 Å². The lowest BCUT2D eigenvalue weighted by molar-refractivity contribution is 0.510. The summed E-state index contributed by atoms with van der Waals surface area (Å²) in [6, 6.07) is 30.3. The van der Waals surface area contributed by atoms with Crippen molar-refractivity contribution in [3.8, 4) is 5.69 Å². The smallest absolute Gasteiger partial charge is 0.0531 e. The van der Waals surface area contributed by atoms with Crippen LogP contribution in [-0.2, 0) is 0 Å². The highest BCUT2D eigenvalue weighted by Crippen LogP contribution is 2.40. The van der Waals surface area contributed by atoms with Crippen LogP contribution in [0.4, 0.5) is 0 Å². The number of rotatable bonds is 6. The fourth-order valence-electron chi connectivity index (χ4n) is 4.40. The lowest BCUT2D eigenvalue weighted by Crippen LogP contribution is -2.12.